The fourth-order valence-corrected chi connectivity index (χ4v) is 1.39. The normalized spacial score (nSPS) is 12.8. The number of aliphatic carboxylic acids is 1. The number of nitrogen functional groups attached to an aromatic ring is 1. The zero-order chi connectivity index (χ0) is 9.14. The van der Waals surface area contributed by atoms with E-state index in [1.54, 1.807) is 12.3 Å². The standard InChI is InChI=1S/C7H10N2O2S/c1-4(6(10)11)2-5-3-12-7(8)9-5/h3-4H,2H2,1H3,(H2,8,9)(H,10,11). The molecular weight excluding hydrogens is 176 g/mol. The highest BCUT2D eigenvalue weighted by atomic mass is 32.1. The number of carbonyl (C=O) groups is 1. The molecule has 0 amide bonds. The number of rotatable bonds is 3. The van der Waals surface area contributed by atoms with Gasteiger partial charge in [0.25, 0.3) is 0 Å². The molecule has 1 rings (SSSR count). The molecule has 1 aromatic heterocycles. The molecule has 0 aliphatic heterocycles. The summed E-state index contributed by atoms with van der Waals surface area (Å²) in [5.74, 6) is -1.20. The summed E-state index contributed by atoms with van der Waals surface area (Å²) in [6, 6.07) is 0. The van der Waals surface area contributed by atoms with Crippen molar-refractivity contribution >= 4 is 22.4 Å². The number of thiazole rings is 1. The molecule has 0 radical (unpaired) electrons. The molecule has 12 heavy (non-hydrogen) atoms. The van der Waals surface area contributed by atoms with E-state index >= 15 is 0 Å². The second kappa shape index (κ2) is 3.53. The third kappa shape index (κ3) is 2.20. The Hall–Kier alpha value is -1.10. The van der Waals surface area contributed by atoms with E-state index in [4.69, 9.17) is 10.8 Å². The van der Waals surface area contributed by atoms with Gasteiger partial charge in [0.1, 0.15) is 0 Å². The highest BCUT2D eigenvalue weighted by molar-refractivity contribution is 7.13. The van der Waals surface area contributed by atoms with E-state index in [2.05, 4.69) is 4.98 Å². The van der Waals surface area contributed by atoms with Gasteiger partial charge in [-0.3, -0.25) is 4.79 Å². The Morgan fingerprint density at radius 2 is 2.58 bits per heavy atom. The van der Waals surface area contributed by atoms with Crippen molar-refractivity contribution in [3.8, 4) is 0 Å². The molecule has 0 bridgehead atoms. The van der Waals surface area contributed by atoms with Crippen LogP contribution < -0.4 is 5.73 Å². The largest absolute Gasteiger partial charge is 0.481 e. The molecule has 0 aliphatic rings. The molecule has 0 fully saturated rings. The van der Waals surface area contributed by atoms with Crippen LogP contribution in [0.1, 0.15) is 12.6 Å². The molecule has 1 unspecified atom stereocenters. The van der Waals surface area contributed by atoms with Gasteiger partial charge >= 0.3 is 5.97 Å². The van der Waals surface area contributed by atoms with Crippen molar-refractivity contribution in [3.05, 3.63) is 11.1 Å². The molecule has 0 saturated carbocycles. The van der Waals surface area contributed by atoms with Crippen molar-refractivity contribution in [1.29, 1.82) is 0 Å². The van der Waals surface area contributed by atoms with Crippen LogP contribution in [0.25, 0.3) is 0 Å². The SMILES string of the molecule is CC(Cc1csc(N)n1)C(=O)O. The van der Waals surface area contributed by atoms with Crippen LogP contribution in [0.3, 0.4) is 0 Å². The van der Waals surface area contributed by atoms with Crippen LogP contribution in [0.4, 0.5) is 5.13 Å². The lowest BCUT2D eigenvalue weighted by Gasteiger charge is -2.01. The number of carboxylic acid groups (broad SMARTS) is 1. The van der Waals surface area contributed by atoms with Crippen molar-refractivity contribution in [2.24, 2.45) is 5.92 Å². The summed E-state index contributed by atoms with van der Waals surface area (Å²) in [5, 5.41) is 10.9. The van der Waals surface area contributed by atoms with Gasteiger partial charge in [-0.05, 0) is 0 Å². The lowest BCUT2D eigenvalue weighted by atomic mass is 10.1. The predicted molar refractivity (Wildman–Crippen MR) is 47.0 cm³/mol. The summed E-state index contributed by atoms with van der Waals surface area (Å²) in [6.45, 7) is 1.65. The Kier molecular flexibility index (Phi) is 2.65. The van der Waals surface area contributed by atoms with Crippen LogP contribution in [0.5, 0.6) is 0 Å². The predicted octanol–water partition coefficient (Wildman–Crippen LogP) is 0.988. The molecule has 0 saturated heterocycles. The Labute approximate surface area is 74.0 Å². The van der Waals surface area contributed by atoms with Gasteiger partial charge in [-0.2, -0.15) is 0 Å². The molecule has 1 heterocycles. The second-order valence-corrected chi connectivity index (χ2v) is 3.51. The van der Waals surface area contributed by atoms with Crippen molar-refractivity contribution in [2.75, 3.05) is 5.73 Å². The minimum Gasteiger partial charge on any atom is -0.481 e. The maximum Gasteiger partial charge on any atom is 0.306 e. The van der Waals surface area contributed by atoms with E-state index in [9.17, 15) is 4.79 Å². The molecule has 1 atom stereocenters. The van der Waals surface area contributed by atoms with Crippen molar-refractivity contribution < 1.29 is 9.90 Å². The Morgan fingerprint density at radius 1 is 1.92 bits per heavy atom. The Balaban J connectivity index is 2.58. The molecule has 3 N–H and O–H groups in total. The molecular formula is C7H10N2O2S. The highest BCUT2D eigenvalue weighted by Gasteiger charge is 2.12. The molecule has 66 valence electrons. The maximum atomic E-state index is 10.5. The topological polar surface area (TPSA) is 76.2 Å². The Bertz CT molecular complexity index is 285. The number of anilines is 1. The summed E-state index contributed by atoms with van der Waals surface area (Å²) < 4.78 is 0. The number of aromatic nitrogens is 1. The second-order valence-electron chi connectivity index (χ2n) is 2.62. The zero-order valence-electron chi connectivity index (χ0n) is 6.65. The summed E-state index contributed by atoms with van der Waals surface area (Å²) >= 11 is 1.33. The maximum absolute atomic E-state index is 10.5. The van der Waals surface area contributed by atoms with Crippen LogP contribution >= 0.6 is 11.3 Å². The molecule has 0 aliphatic carbocycles. The van der Waals surface area contributed by atoms with Gasteiger partial charge in [-0.15, -0.1) is 11.3 Å². The smallest absolute Gasteiger partial charge is 0.306 e. The van der Waals surface area contributed by atoms with Gasteiger partial charge < -0.3 is 10.8 Å². The van der Waals surface area contributed by atoms with E-state index in [1.165, 1.54) is 11.3 Å². The van der Waals surface area contributed by atoms with Gasteiger partial charge in [0.05, 0.1) is 11.6 Å². The van der Waals surface area contributed by atoms with Crippen molar-refractivity contribution in [3.63, 3.8) is 0 Å². The lowest BCUT2D eigenvalue weighted by Crippen LogP contribution is -2.12. The monoisotopic (exact) mass is 186 g/mol. The number of nitrogens with two attached hydrogens (primary N) is 1. The summed E-state index contributed by atoms with van der Waals surface area (Å²) in [7, 11) is 0. The van der Waals surface area contributed by atoms with Crippen LogP contribution in [-0.4, -0.2) is 16.1 Å². The molecule has 1 aromatic rings. The average molecular weight is 186 g/mol. The first-order chi connectivity index (χ1) is 5.59. The minimum atomic E-state index is -0.804. The molecule has 0 spiro atoms. The number of hydrogen-bond acceptors (Lipinski definition) is 4. The van der Waals surface area contributed by atoms with Crippen LogP contribution in [0.15, 0.2) is 5.38 Å². The van der Waals surface area contributed by atoms with E-state index in [-0.39, 0.29) is 0 Å². The first-order valence-corrected chi connectivity index (χ1v) is 4.40. The highest BCUT2D eigenvalue weighted by Crippen LogP contribution is 2.14. The zero-order valence-corrected chi connectivity index (χ0v) is 7.47. The van der Waals surface area contributed by atoms with E-state index in [1.807, 2.05) is 0 Å². The van der Waals surface area contributed by atoms with E-state index < -0.39 is 11.9 Å². The molecule has 4 nitrogen and oxygen atoms in total. The summed E-state index contributed by atoms with van der Waals surface area (Å²) in [4.78, 5) is 14.4. The third-order valence-corrected chi connectivity index (χ3v) is 2.23. The number of carboxylic acids is 1. The van der Waals surface area contributed by atoms with Gasteiger partial charge in [0.2, 0.25) is 0 Å². The van der Waals surface area contributed by atoms with Crippen LogP contribution in [0.2, 0.25) is 0 Å². The molecule has 5 heteroatoms. The first kappa shape index (κ1) is 8.99. The quantitative estimate of drug-likeness (QED) is 0.738. The summed E-state index contributed by atoms with van der Waals surface area (Å²) in [6.07, 6.45) is 0.447. The first-order valence-electron chi connectivity index (χ1n) is 3.52. The van der Waals surface area contributed by atoms with Crippen molar-refractivity contribution in [1.82, 2.24) is 4.98 Å². The van der Waals surface area contributed by atoms with Crippen molar-refractivity contribution in [2.45, 2.75) is 13.3 Å². The lowest BCUT2D eigenvalue weighted by molar-refractivity contribution is -0.141. The Morgan fingerprint density at radius 3 is 3.00 bits per heavy atom. The number of nitrogens with zero attached hydrogens (tertiary/aromatic N) is 1. The third-order valence-electron chi connectivity index (χ3n) is 1.51. The minimum absolute atomic E-state index is 0.397. The fraction of sp³-hybridized carbons (Fsp3) is 0.429. The number of hydrogen-bond donors (Lipinski definition) is 2. The van der Waals surface area contributed by atoms with Crippen LogP contribution in [-0.2, 0) is 11.2 Å². The molecule has 0 aromatic carbocycles. The van der Waals surface area contributed by atoms with Crippen LogP contribution in [0, 0.1) is 5.92 Å². The van der Waals surface area contributed by atoms with Gasteiger partial charge in [0, 0.05) is 11.8 Å². The van der Waals surface area contributed by atoms with Gasteiger partial charge in [-0.25, -0.2) is 4.98 Å². The van der Waals surface area contributed by atoms with Gasteiger partial charge in [0.15, 0.2) is 5.13 Å². The van der Waals surface area contributed by atoms with E-state index in [0.717, 1.165) is 5.69 Å². The van der Waals surface area contributed by atoms with Gasteiger partial charge in [-0.1, -0.05) is 6.92 Å². The average Bonchev–Trinajstić information content (AvgIpc) is 2.35. The fourth-order valence-electron chi connectivity index (χ4n) is 0.817. The van der Waals surface area contributed by atoms with E-state index in [0.29, 0.717) is 11.6 Å². The summed E-state index contributed by atoms with van der Waals surface area (Å²) in [5.41, 5.74) is 6.15.